The van der Waals surface area contributed by atoms with Crippen molar-refractivity contribution in [3.05, 3.63) is 76.2 Å². The third kappa shape index (κ3) is 2.98. The lowest BCUT2D eigenvalue weighted by molar-refractivity contribution is 0.0767. The number of fused-ring (bicyclic) bond motifs is 2. The second kappa shape index (κ2) is 6.90. The molecule has 1 heterocycles. The van der Waals surface area contributed by atoms with E-state index in [1.165, 1.54) is 5.56 Å². The number of carbonyl (C=O) groups is 1. The van der Waals surface area contributed by atoms with E-state index >= 15 is 0 Å². The lowest BCUT2D eigenvalue weighted by atomic mass is 9.74. The maximum atomic E-state index is 12.4. The van der Waals surface area contributed by atoms with Gasteiger partial charge in [0.15, 0.2) is 0 Å². The van der Waals surface area contributed by atoms with E-state index in [0.29, 0.717) is 19.7 Å². The Bertz CT molecular complexity index is 798. The van der Waals surface area contributed by atoms with Crippen molar-refractivity contribution in [1.82, 2.24) is 4.90 Å². The smallest absolute Gasteiger partial charge is 0.410 e. The average molecular weight is 350 g/mol. The fraction of sp³-hybridized carbons (Fsp3) is 0.381. The predicted octanol–water partition coefficient (Wildman–Crippen LogP) is 4.57. The molecule has 1 atom stereocenters. The van der Waals surface area contributed by atoms with Crippen LogP contribution in [-0.2, 0) is 16.8 Å². The molecule has 2 aromatic carbocycles. The molecule has 26 heavy (non-hydrogen) atoms. The Balaban J connectivity index is 1.40. The lowest BCUT2D eigenvalue weighted by Gasteiger charge is -2.39. The zero-order valence-electron chi connectivity index (χ0n) is 14.6. The highest BCUT2D eigenvalue weighted by atomic mass is 16.6. The van der Waals surface area contributed by atoms with Crippen LogP contribution < -0.4 is 0 Å². The van der Waals surface area contributed by atoms with Crippen LogP contribution in [0, 0.1) is 4.91 Å². The summed E-state index contributed by atoms with van der Waals surface area (Å²) >= 11 is 0. The molecule has 0 aromatic heterocycles. The van der Waals surface area contributed by atoms with Gasteiger partial charge in [0.2, 0.25) is 0 Å². The quantitative estimate of drug-likeness (QED) is 0.762. The van der Waals surface area contributed by atoms with Crippen LogP contribution in [-0.4, -0.2) is 24.1 Å². The summed E-state index contributed by atoms with van der Waals surface area (Å²) in [6.45, 7) is 1.59. The number of piperidine rings is 1. The molecular weight excluding hydrogens is 328 g/mol. The molecule has 1 fully saturated rings. The van der Waals surface area contributed by atoms with Crippen molar-refractivity contribution in [3.63, 3.8) is 0 Å². The molecule has 0 saturated carbocycles. The van der Waals surface area contributed by atoms with E-state index in [9.17, 15) is 9.70 Å². The molecular formula is C21H22N2O3. The molecule has 1 saturated heterocycles. The van der Waals surface area contributed by atoms with Gasteiger partial charge < -0.3 is 9.64 Å². The molecule has 4 rings (SSSR count). The van der Waals surface area contributed by atoms with Crippen LogP contribution in [0.5, 0.6) is 0 Å². The number of nitroso groups, excluding NO2 is 1. The van der Waals surface area contributed by atoms with E-state index in [0.717, 1.165) is 30.4 Å². The van der Waals surface area contributed by atoms with Crippen molar-refractivity contribution in [2.24, 2.45) is 5.18 Å². The number of ether oxygens (including phenoxy) is 1. The van der Waals surface area contributed by atoms with Gasteiger partial charge in [-0.05, 0) is 36.0 Å². The molecule has 134 valence electrons. The van der Waals surface area contributed by atoms with Gasteiger partial charge in [-0.2, -0.15) is 4.91 Å². The molecule has 0 N–H and O–H groups in total. The number of hydrogen-bond acceptors (Lipinski definition) is 4. The predicted molar refractivity (Wildman–Crippen MR) is 98.7 cm³/mol. The monoisotopic (exact) mass is 350 g/mol. The van der Waals surface area contributed by atoms with Gasteiger partial charge in [-0.15, -0.1) is 0 Å². The van der Waals surface area contributed by atoms with Crippen LogP contribution in [0.25, 0.3) is 0 Å². The van der Waals surface area contributed by atoms with Gasteiger partial charge in [-0.3, -0.25) is 0 Å². The second-order valence-electron chi connectivity index (χ2n) is 7.22. The first kappa shape index (κ1) is 16.8. The number of carbonyl (C=O) groups excluding carboxylic acids is 1. The largest absolute Gasteiger partial charge is 0.445 e. The molecule has 0 bridgehead atoms. The van der Waals surface area contributed by atoms with Crippen molar-refractivity contribution in [2.75, 3.05) is 13.1 Å². The number of hydrogen-bond donors (Lipinski definition) is 0. The molecule has 5 heteroatoms. The summed E-state index contributed by atoms with van der Waals surface area (Å²) in [4.78, 5) is 25.4. The van der Waals surface area contributed by atoms with Gasteiger partial charge >= 0.3 is 6.09 Å². The van der Waals surface area contributed by atoms with E-state index in [4.69, 9.17) is 4.74 Å². The van der Waals surface area contributed by atoms with E-state index in [2.05, 4.69) is 11.2 Å². The van der Waals surface area contributed by atoms with Crippen LogP contribution in [0.4, 0.5) is 4.79 Å². The lowest BCUT2D eigenvalue weighted by Crippen LogP contribution is -2.44. The molecule has 0 radical (unpaired) electrons. The number of rotatable bonds is 3. The van der Waals surface area contributed by atoms with Crippen molar-refractivity contribution >= 4 is 6.09 Å². The number of amides is 1. The van der Waals surface area contributed by atoms with E-state index in [1.807, 2.05) is 48.5 Å². The fourth-order valence-electron chi connectivity index (χ4n) is 4.36. The van der Waals surface area contributed by atoms with Gasteiger partial charge in [0.05, 0.1) is 0 Å². The SMILES string of the molecule is O=NC1CC2(CCN(C(=O)OCc3ccccc3)CC2)c2ccccc21. The van der Waals surface area contributed by atoms with Gasteiger partial charge in [0.1, 0.15) is 12.6 Å². The molecule has 1 aliphatic carbocycles. The third-order valence-corrected chi connectivity index (χ3v) is 5.79. The van der Waals surface area contributed by atoms with Gasteiger partial charge in [-0.25, -0.2) is 4.79 Å². The Morgan fingerprint density at radius 2 is 1.77 bits per heavy atom. The van der Waals surface area contributed by atoms with Crippen LogP contribution in [0.15, 0.2) is 59.8 Å². The van der Waals surface area contributed by atoms with E-state index in [-0.39, 0.29) is 17.6 Å². The Kier molecular flexibility index (Phi) is 4.45. The summed E-state index contributed by atoms with van der Waals surface area (Å²) in [5.41, 5.74) is 3.24. The van der Waals surface area contributed by atoms with Crippen molar-refractivity contribution in [3.8, 4) is 0 Å². The minimum Gasteiger partial charge on any atom is -0.445 e. The maximum absolute atomic E-state index is 12.4. The number of likely N-dealkylation sites (tertiary alicyclic amines) is 1. The molecule has 2 aromatic rings. The Morgan fingerprint density at radius 3 is 2.50 bits per heavy atom. The molecule has 1 amide bonds. The Morgan fingerprint density at radius 1 is 1.08 bits per heavy atom. The summed E-state index contributed by atoms with van der Waals surface area (Å²) in [5.74, 6) is 0. The summed E-state index contributed by atoms with van der Waals surface area (Å²) in [6.07, 6.45) is 2.18. The molecule has 2 aliphatic rings. The first-order valence-corrected chi connectivity index (χ1v) is 9.09. The van der Waals surface area contributed by atoms with Crippen LogP contribution in [0.2, 0.25) is 0 Å². The molecule has 1 unspecified atom stereocenters. The highest BCUT2D eigenvalue weighted by molar-refractivity contribution is 5.68. The summed E-state index contributed by atoms with van der Waals surface area (Å²) in [5, 5.41) is 3.34. The maximum Gasteiger partial charge on any atom is 0.410 e. The van der Waals surface area contributed by atoms with Gasteiger partial charge in [-0.1, -0.05) is 59.8 Å². The number of benzene rings is 2. The standard InChI is InChI=1S/C21H22N2O3/c24-20(26-15-16-6-2-1-3-7-16)23-12-10-21(11-13-23)14-19(22-25)17-8-4-5-9-18(17)21/h1-9,19H,10-15H2. The zero-order chi connectivity index (χ0) is 18.0. The van der Waals surface area contributed by atoms with Crippen molar-refractivity contribution in [2.45, 2.75) is 37.3 Å². The van der Waals surface area contributed by atoms with Gasteiger partial charge in [0, 0.05) is 18.5 Å². The minimum atomic E-state index is -0.264. The highest BCUT2D eigenvalue weighted by Gasteiger charge is 2.46. The average Bonchev–Trinajstić information content (AvgIpc) is 3.01. The molecule has 1 spiro atoms. The minimum absolute atomic E-state index is 0.0363. The van der Waals surface area contributed by atoms with Crippen LogP contribution in [0.3, 0.4) is 0 Å². The van der Waals surface area contributed by atoms with Crippen LogP contribution >= 0.6 is 0 Å². The third-order valence-electron chi connectivity index (χ3n) is 5.79. The number of nitrogens with zero attached hydrogens (tertiary/aromatic N) is 2. The molecule has 1 aliphatic heterocycles. The first-order chi connectivity index (χ1) is 12.7. The first-order valence-electron chi connectivity index (χ1n) is 9.09. The van der Waals surface area contributed by atoms with Crippen LogP contribution in [0.1, 0.15) is 42.0 Å². The molecule has 5 nitrogen and oxygen atoms in total. The Labute approximate surface area is 152 Å². The highest BCUT2D eigenvalue weighted by Crippen LogP contribution is 2.51. The summed E-state index contributed by atoms with van der Waals surface area (Å²) in [6, 6.07) is 17.5. The van der Waals surface area contributed by atoms with E-state index in [1.54, 1.807) is 4.90 Å². The summed E-state index contributed by atoms with van der Waals surface area (Å²) < 4.78 is 5.45. The van der Waals surface area contributed by atoms with E-state index < -0.39 is 0 Å². The van der Waals surface area contributed by atoms with Gasteiger partial charge in [0.25, 0.3) is 0 Å². The summed E-state index contributed by atoms with van der Waals surface area (Å²) in [7, 11) is 0. The topological polar surface area (TPSA) is 59.0 Å². The fourth-order valence-corrected chi connectivity index (χ4v) is 4.36. The zero-order valence-corrected chi connectivity index (χ0v) is 14.6. The normalized spacial score (nSPS) is 20.6. The van der Waals surface area contributed by atoms with Crippen molar-refractivity contribution in [1.29, 1.82) is 0 Å². The second-order valence-corrected chi connectivity index (χ2v) is 7.22. The Hall–Kier alpha value is -2.69. The van der Waals surface area contributed by atoms with Crippen molar-refractivity contribution < 1.29 is 9.53 Å².